The van der Waals surface area contributed by atoms with Gasteiger partial charge in [0.15, 0.2) is 0 Å². The second-order valence-corrected chi connectivity index (χ2v) is 8.44. The molecule has 0 spiro atoms. The summed E-state index contributed by atoms with van der Waals surface area (Å²) < 4.78 is 6.86. The highest BCUT2D eigenvalue weighted by Crippen LogP contribution is 2.16. The van der Waals surface area contributed by atoms with Crippen molar-refractivity contribution < 1.29 is 23.9 Å². The number of aldehydes is 1. The van der Waals surface area contributed by atoms with Crippen LogP contribution in [0.4, 0.5) is 0 Å². The van der Waals surface area contributed by atoms with Crippen molar-refractivity contribution in [3.63, 3.8) is 0 Å². The minimum Gasteiger partial charge on any atom is -0.495 e. The number of hydrogen-bond donors (Lipinski definition) is 3. The zero-order valence-electron chi connectivity index (χ0n) is 19.3. The molecule has 35 heavy (non-hydrogen) atoms. The van der Waals surface area contributed by atoms with E-state index in [-0.39, 0.29) is 30.4 Å². The third kappa shape index (κ3) is 5.84. The van der Waals surface area contributed by atoms with Crippen LogP contribution in [-0.2, 0) is 20.8 Å². The normalized spacial score (nSPS) is 16.8. The molecule has 1 saturated heterocycles. The highest BCUT2D eigenvalue weighted by atomic mass is 16.5. The highest BCUT2D eigenvalue weighted by Gasteiger charge is 2.30. The van der Waals surface area contributed by atoms with Gasteiger partial charge in [0.1, 0.15) is 29.4 Å². The lowest BCUT2D eigenvalue weighted by Crippen LogP contribution is -2.51. The lowest BCUT2D eigenvalue weighted by molar-refractivity contribution is -0.127. The van der Waals surface area contributed by atoms with Gasteiger partial charge in [-0.3, -0.25) is 14.4 Å². The number of rotatable bonds is 10. The summed E-state index contributed by atoms with van der Waals surface area (Å²) in [5, 5.41) is 8.17. The molecule has 182 valence electrons. The van der Waals surface area contributed by atoms with E-state index in [9.17, 15) is 19.2 Å². The number of imidazole rings is 1. The number of carbonyl (C=O) groups is 4. The number of nitrogens with zero attached hydrogens (tertiary/aromatic N) is 2. The van der Waals surface area contributed by atoms with Gasteiger partial charge in [0.2, 0.25) is 11.8 Å². The van der Waals surface area contributed by atoms with Crippen LogP contribution in [0.3, 0.4) is 0 Å². The summed E-state index contributed by atoms with van der Waals surface area (Å²) in [6.45, 7) is 0.556. The van der Waals surface area contributed by atoms with Crippen molar-refractivity contribution in [2.24, 2.45) is 5.92 Å². The van der Waals surface area contributed by atoms with Crippen molar-refractivity contribution in [1.82, 2.24) is 25.3 Å². The van der Waals surface area contributed by atoms with Crippen LogP contribution >= 0.6 is 0 Å². The molecule has 3 heterocycles. The van der Waals surface area contributed by atoms with Gasteiger partial charge in [-0.15, -0.1) is 0 Å². The quantitative estimate of drug-likeness (QED) is 0.372. The Morgan fingerprint density at radius 2 is 2.00 bits per heavy atom. The Hall–Kier alpha value is -4.21. The van der Waals surface area contributed by atoms with Gasteiger partial charge in [-0.1, -0.05) is 30.3 Å². The molecule has 3 atom stereocenters. The van der Waals surface area contributed by atoms with Gasteiger partial charge in [0, 0.05) is 25.1 Å². The molecular formula is C25H27N5O5. The van der Waals surface area contributed by atoms with Crippen molar-refractivity contribution >= 4 is 29.7 Å². The first-order valence-corrected chi connectivity index (χ1v) is 11.4. The maximum absolute atomic E-state index is 13.2. The van der Waals surface area contributed by atoms with Crippen LogP contribution in [0, 0.1) is 5.92 Å². The molecule has 1 aromatic carbocycles. The Morgan fingerprint density at radius 3 is 2.69 bits per heavy atom. The van der Waals surface area contributed by atoms with Crippen molar-refractivity contribution in [3.05, 3.63) is 66.1 Å². The largest absolute Gasteiger partial charge is 0.495 e. The zero-order chi connectivity index (χ0) is 24.8. The first-order chi connectivity index (χ1) is 17.0. The van der Waals surface area contributed by atoms with Gasteiger partial charge in [-0.05, 0) is 30.5 Å². The Bertz CT molecular complexity index is 1230. The van der Waals surface area contributed by atoms with E-state index >= 15 is 0 Å². The maximum Gasteiger partial charge on any atom is 0.272 e. The molecule has 3 aromatic rings. The molecule has 0 bridgehead atoms. The number of amides is 3. The van der Waals surface area contributed by atoms with Gasteiger partial charge in [0.25, 0.3) is 5.91 Å². The number of pyridine rings is 1. The standard InChI is InChI=1S/C25H27N5O5/c1-35-19-7-8-22-28-21(14-30(22)13-19)25(34)29-20(11-16-5-3-2-4-6-16)24(33)27-18(15-31)12-17-9-10-26-23(17)32/h2-8,13-15,17-18,20H,9-12H2,1H3,(H,26,32)(H,27,33)(H,29,34)/t17?,18-,20-/m0/s1. The predicted molar refractivity (Wildman–Crippen MR) is 127 cm³/mol. The minimum absolute atomic E-state index is 0.122. The van der Waals surface area contributed by atoms with E-state index in [4.69, 9.17) is 4.74 Å². The second-order valence-electron chi connectivity index (χ2n) is 8.44. The Kier molecular flexibility index (Phi) is 7.39. The van der Waals surface area contributed by atoms with Crippen LogP contribution in [-0.4, -0.2) is 59.1 Å². The summed E-state index contributed by atoms with van der Waals surface area (Å²) in [5.41, 5.74) is 1.53. The third-order valence-corrected chi connectivity index (χ3v) is 5.99. The summed E-state index contributed by atoms with van der Waals surface area (Å²) in [4.78, 5) is 54.1. The summed E-state index contributed by atoms with van der Waals surface area (Å²) in [7, 11) is 1.55. The molecule has 10 heteroatoms. The molecule has 1 aliphatic rings. The second kappa shape index (κ2) is 10.8. The van der Waals surface area contributed by atoms with Crippen molar-refractivity contribution in [2.45, 2.75) is 31.3 Å². The molecule has 4 rings (SSSR count). The average molecular weight is 478 g/mol. The fraction of sp³-hybridized carbons (Fsp3) is 0.320. The summed E-state index contributed by atoms with van der Waals surface area (Å²) >= 11 is 0. The number of hydrogen-bond acceptors (Lipinski definition) is 6. The van der Waals surface area contributed by atoms with Crippen molar-refractivity contribution in [3.8, 4) is 5.75 Å². The molecule has 3 N–H and O–H groups in total. The molecular weight excluding hydrogens is 450 g/mol. The third-order valence-electron chi connectivity index (χ3n) is 5.99. The number of methoxy groups -OCH3 is 1. The average Bonchev–Trinajstić information content (AvgIpc) is 3.49. The molecule has 1 unspecified atom stereocenters. The number of nitrogens with one attached hydrogen (secondary N) is 3. The van der Waals surface area contributed by atoms with Gasteiger partial charge >= 0.3 is 0 Å². The van der Waals surface area contributed by atoms with Gasteiger partial charge in [0.05, 0.1) is 19.3 Å². The van der Waals surface area contributed by atoms with Crippen LogP contribution in [0.2, 0.25) is 0 Å². The molecule has 0 aliphatic carbocycles. The zero-order valence-corrected chi connectivity index (χ0v) is 19.3. The topological polar surface area (TPSA) is 131 Å². The SMILES string of the molecule is COc1ccc2nc(C(=O)N[C@@H](Cc3ccccc3)C(=O)N[C@H](C=O)CC3CCNC3=O)cn2c1. The molecule has 3 amide bonds. The fourth-order valence-corrected chi connectivity index (χ4v) is 4.10. The van der Waals surface area contributed by atoms with Crippen LogP contribution < -0.4 is 20.7 Å². The van der Waals surface area contributed by atoms with Gasteiger partial charge in [-0.25, -0.2) is 4.98 Å². The van der Waals surface area contributed by atoms with Crippen molar-refractivity contribution in [1.29, 1.82) is 0 Å². The first-order valence-electron chi connectivity index (χ1n) is 11.4. The van der Waals surface area contributed by atoms with E-state index < -0.39 is 23.9 Å². The van der Waals surface area contributed by atoms with E-state index in [1.807, 2.05) is 30.3 Å². The number of carbonyl (C=O) groups excluding carboxylic acids is 4. The molecule has 10 nitrogen and oxygen atoms in total. The van der Waals surface area contributed by atoms with E-state index in [2.05, 4.69) is 20.9 Å². The van der Waals surface area contributed by atoms with Gasteiger partial charge in [-0.2, -0.15) is 0 Å². The van der Waals surface area contributed by atoms with E-state index in [0.717, 1.165) is 5.56 Å². The Morgan fingerprint density at radius 1 is 1.20 bits per heavy atom. The number of aromatic nitrogens is 2. The Balaban J connectivity index is 1.50. The van der Waals surface area contributed by atoms with E-state index in [0.29, 0.717) is 30.6 Å². The fourth-order valence-electron chi connectivity index (χ4n) is 4.10. The lowest BCUT2D eigenvalue weighted by Gasteiger charge is -2.21. The van der Waals surface area contributed by atoms with Crippen LogP contribution in [0.25, 0.3) is 5.65 Å². The maximum atomic E-state index is 13.2. The van der Waals surface area contributed by atoms with Crippen molar-refractivity contribution in [2.75, 3.05) is 13.7 Å². The lowest BCUT2D eigenvalue weighted by atomic mass is 9.98. The smallest absolute Gasteiger partial charge is 0.272 e. The Labute approximate surface area is 202 Å². The van der Waals surface area contributed by atoms with Crippen LogP contribution in [0.5, 0.6) is 5.75 Å². The predicted octanol–water partition coefficient (Wildman–Crippen LogP) is 0.894. The molecule has 1 fully saturated rings. The highest BCUT2D eigenvalue weighted by molar-refractivity contribution is 5.97. The number of benzene rings is 1. The molecule has 2 aromatic heterocycles. The van der Waals surface area contributed by atoms with Gasteiger partial charge < -0.3 is 29.9 Å². The summed E-state index contributed by atoms with van der Waals surface area (Å²) in [5.74, 6) is -0.880. The molecule has 1 aliphatic heterocycles. The summed E-state index contributed by atoms with van der Waals surface area (Å²) in [6.07, 6.45) is 4.91. The summed E-state index contributed by atoms with van der Waals surface area (Å²) in [6, 6.07) is 10.9. The monoisotopic (exact) mass is 477 g/mol. The van der Waals surface area contributed by atoms with Crippen LogP contribution in [0.1, 0.15) is 28.9 Å². The number of fused-ring (bicyclic) bond motifs is 1. The number of ether oxygens (including phenoxy) is 1. The first kappa shape index (κ1) is 23.9. The minimum atomic E-state index is -0.955. The molecule has 0 radical (unpaired) electrons. The van der Waals surface area contributed by atoms with Crippen LogP contribution in [0.15, 0.2) is 54.9 Å². The van der Waals surface area contributed by atoms with E-state index in [1.165, 1.54) is 0 Å². The van der Waals surface area contributed by atoms with E-state index in [1.54, 1.807) is 36.0 Å². The molecule has 0 saturated carbocycles.